The van der Waals surface area contributed by atoms with Gasteiger partial charge < -0.3 is 25.2 Å². The second-order valence-electron chi connectivity index (χ2n) is 9.69. The molecule has 0 bridgehead atoms. The zero-order valence-corrected chi connectivity index (χ0v) is 22.5. The third kappa shape index (κ3) is 4.52. The van der Waals surface area contributed by atoms with E-state index in [4.69, 9.17) is 15.2 Å². The van der Waals surface area contributed by atoms with E-state index in [1.807, 2.05) is 20.8 Å². The van der Waals surface area contributed by atoms with E-state index in [1.54, 1.807) is 4.68 Å². The molecular weight excluding hydrogens is 552 g/mol. The molecule has 1 aliphatic rings. The molecule has 37 heavy (non-hydrogen) atoms. The van der Waals surface area contributed by atoms with E-state index in [1.165, 1.54) is 25.3 Å². The monoisotopic (exact) mass is 577 g/mol. The summed E-state index contributed by atoms with van der Waals surface area (Å²) in [5.74, 6) is 2.97. The van der Waals surface area contributed by atoms with Gasteiger partial charge in [0.1, 0.15) is 17.1 Å². The maximum absolute atomic E-state index is 14.9. The average Bonchev–Trinajstić information content (AvgIpc) is 3.44. The summed E-state index contributed by atoms with van der Waals surface area (Å²) in [6.45, 7) is 6.21. The summed E-state index contributed by atoms with van der Waals surface area (Å²) in [6, 6.07) is 0.338. The van der Waals surface area contributed by atoms with Gasteiger partial charge in [0, 0.05) is 18.8 Å². The molecule has 0 radical (unpaired) electrons. The Morgan fingerprint density at radius 1 is 1.22 bits per heavy atom. The fourth-order valence-electron chi connectivity index (χ4n) is 4.89. The molecule has 1 aromatic carbocycles. The molecule has 1 saturated heterocycles. The molecule has 1 aliphatic heterocycles. The summed E-state index contributed by atoms with van der Waals surface area (Å²) < 4.78 is 42.1. The van der Waals surface area contributed by atoms with E-state index < -0.39 is 34.7 Å². The Labute approximate surface area is 220 Å². The van der Waals surface area contributed by atoms with Crippen LogP contribution >= 0.6 is 15.9 Å². The van der Waals surface area contributed by atoms with Crippen molar-refractivity contribution < 1.29 is 28.2 Å². The van der Waals surface area contributed by atoms with Crippen LogP contribution in [0.2, 0.25) is 0 Å². The number of rotatable bonds is 3. The van der Waals surface area contributed by atoms with Crippen molar-refractivity contribution in [3.05, 3.63) is 39.6 Å². The molecule has 1 amide bonds. The van der Waals surface area contributed by atoms with E-state index in [0.717, 1.165) is 6.07 Å². The van der Waals surface area contributed by atoms with Gasteiger partial charge in [-0.25, -0.2) is 18.6 Å². The summed E-state index contributed by atoms with van der Waals surface area (Å²) in [4.78, 5) is 17.6. The Bertz CT molecular complexity index is 1430. The highest BCUT2D eigenvalue weighted by atomic mass is 79.9. The number of fused-ring (bicyclic) bond motifs is 1. The van der Waals surface area contributed by atoms with Gasteiger partial charge in [0.05, 0.1) is 41.7 Å². The molecule has 0 spiro atoms. The molecule has 9 nitrogen and oxygen atoms in total. The minimum atomic E-state index is -1.02. The van der Waals surface area contributed by atoms with E-state index in [9.17, 15) is 18.7 Å². The lowest BCUT2D eigenvalue weighted by Gasteiger charge is -2.37. The van der Waals surface area contributed by atoms with Gasteiger partial charge in [0.15, 0.2) is 23.1 Å². The molecule has 12 heteroatoms. The maximum Gasteiger partial charge on any atom is 0.407 e. The number of amides is 1. The fourth-order valence-corrected chi connectivity index (χ4v) is 5.38. The molecule has 3 aromatic rings. The van der Waals surface area contributed by atoms with Crippen LogP contribution in [0.15, 0.2) is 16.7 Å². The molecular formula is C25H26BrF2N5O4. The molecule has 4 rings (SSSR count). The smallest absolute Gasteiger partial charge is 0.407 e. The van der Waals surface area contributed by atoms with Gasteiger partial charge in [-0.2, -0.15) is 5.10 Å². The molecule has 2 atom stereocenters. The van der Waals surface area contributed by atoms with Crippen molar-refractivity contribution in [2.45, 2.75) is 39.3 Å². The normalized spacial score (nSPS) is 17.6. The third-order valence-electron chi connectivity index (χ3n) is 6.40. The lowest BCUT2D eigenvalue weighted by Crippen LogP contribution is -2.46. The van der Waals surface area contributed by atoms with Crippen LogP contribution in [0.5, 0.6) is 11.5 Å². The van der Waals surface area contributed by atoms with Crippen LogP contribution in [0.25, 0.3) is 10.9 Å². The minimum absolute atomic E-state index is 0.123. The third-order valence-corrected chi connectivity index (χ3v) is 6.98. The number of anilines is 1. The van der Waals surface area contributed by atoms with Crippen LogP contribution in [-0.2, 0) is 0 Å². The Balaban J connectivity index is 1.94. The Kier molecular flexibility index (Phi) is 6.94. The number of nitrogens with zero attached hydrogens (tertiary/aromatic N) is 4. The van der Waals surface area contributed by atoms with E-state index in [2.05, 4.69) is 37.9 Å². The summed E-state index contributed by atoms with van der Waals surface area (Å²) in [6.07, 6.45) is 1.01. The van der Waals surface area contributed by atoms with Crippen LogP contribution < -0.4 is 15.2 Å². The quantitative estimate of drug-likeness (QED) is 0.429. The zero-order valence-electron chi connectivity index (χ0n) is 20.9. The number of likely N-dealkylation sites (tertiary alicyclic amines) is 1. The summed E-state index contributed by atoms with van der Waals surface area (Å²) in [5, 5.41) is 14.9. The fraction of sp³-hybridized carbons (Fsp3) is 0.400. The largest absolute Gasteiger partial charge is 0.493 e. The predicted molar refractivity (Wildman–Crippen MR) is 137 cm³/mol. The van der Waals surface area contributed by atoms with Crippen molar-refractivity contribution in [2.24, 2.45) is 5.41 Å². The number of halogens is 3. The maximum atomic E-state index is 14.9. The first-order valence-corrected chi connectivity index (χ1v) is 12.1. The molecule has 1 fully saturated rings. The van der Waals surface area contributed by atoms with E-state index in [0.29, 0.717) is 28.3 Å². The number of aromatic nitrogens is 3. The Morgan fingerprint density at radius 2 is 1.84 bits per heavy atom. The second kappa shape index (κ2) is 9.70. The number of methoxy groups -OCH3 is 2. The average molecular weight is 578 g/mol. The van der Waals surface area contributed by atoms with E-state index in [-0.39, 0.29) is 29.1 Å². The summed E-state index contributed by atoms with van der Waals surface area (Å²) >= 11 is 3.50. The topological polar surface area (TPSA) is 116 Å². The lowest BCUT2D eigenvalue weighted by molar-refractivity contribution is 0.0913. The molecule has 196 valence electrons. The first-order chi connectivity index (χ1) is 17.4. The standard InChI is InChI=1S/C25H26BrF2N5O4/c1-25(2,3)22-15(8-9-32(22)24(34)35)33-21-13(26)11-30-23(29)18(21)14(31-33)7-6-12-19(27)16(36-4)10-17(37-5)20(12)28/h10-11,15,22H,8-9H2,1-5H3,(H2,29,30)(H,34,35)/t15?,22-/m1/s1. The lowest BCUT2D eigenvalue weighted by atomic mass is 9.82. The SMILES string of the molecule is COc1cc(OC)c(F)c(C#Cc2nn(C3CCN(C(=O)O)[C@H]3C(C)(C)C)c3c(Br)cnc(N)c23)c1F. The zero-order chi connectivity index (χ0) is 27.2. The minimum Gasteiger partial charge on any atom is -0.493 e. The highest BCUT2D eigenvalue weighted by Crippen LogP contribution is 2.43. The van der Waals surface area contributed by atoms with Crippen molar-refractivity contribution in [3.63, 3.8) is 0 Å². The van der Waals surface area contributed by atoms with Crippen molar-refractivity contribution in [2.75, 3.05) is 26.5 Å². The number of benzene rings is 1. The van der Waals surface area contributed by atoms with Crippen LogP contribution in [0.4, 0.5) is 19.4 Å². The number of hydrogen-bond acceptors (Lipinski definition) is 6. The van der Waals surface area contributed by atoms with Crippen LogP contribution in [0.3, 0.4) is 0 Å². The number of nitrogen functional groups attached to an aromatic ring is 1. The van der Waals surface area contributed by atoms with Crippen LogP contribution in [0.1, 0.15) is 44.5 Å². The van der Waals surface area contributed by atoms with Crippen molar-refractivity contribution in [1.82, 2.24) is 19.7 Å². The number of ether oxygens (including phenoxy) is 2. The molecule has 3 heterocycles. The molecule has 1 unspecified atom stereocenters. The Hall–Kier alpha value is -3.59. The van der Waals surface area contributed by atoms with Gasteiger partial charge in [-0.1, -0.05) is 26.7 Å². The van der Waals surface area contributed by atoms with Gasteiger partial charge in [0.25, 0.3) is 0 Å². The molecule has 0 aliphatic carbocycles. The molecule has 3 N–H and O–H groups in total. The number of nitrogens with two attached hydrogens (primary N) is 1. The summed E-state index contributed by atoms with van der Waals surface area (Å²) in [5.41, 5.74) is 5.94. The molecule has 0 saturated carbocycles. The Morgan fingerprint density at radius 3 is 2.38 bits per heavy atom. The number of carboxylic acid groups (broad SMARTS) is 1. The van der Waals surface area contributed by atoms with Gasteiger partial charge >= 0.3 is 6.09 Å². The van der Waals surface area contributed by atoms with Gasteiger partial charge in [-0.3, -0.25) is 4.68 Å². The molecule has 2 aromatic heterocycles. The van der Waals surface area contributed by atoms with Crippen molar-refractivity contribution >= 4 is 38.7 Å². The number of hydrogen-bond donors (Lipinski definition) is 2. The van der Waals surface area contributed by atoms with Gasteiger partial charge in [0.2, 0.25) is 0 Å². The van der Waals surface area contributed by atoms with Crippen LogP contribution in [0, 0.1) is 28.9 Å². The first-order valence-electron chi connectivity index (χ1n) is 11.3. The summed E-state index contributed by atoms with van der Waals surface area (Å²) in [7, 11) is 2.50. The first kappa shape index (κ1) is 26.5. The van der Waals surface area contributed by atoms with Crippen LogP contribution in [-0.4, -0.2) is 57.7 Å². The van der Waals surface area contributed by atoms with Crippen molar-refractivity contribution in [1.29, 1.82) is 0 Å². The predicted octanol–water partition coefficient (Wildman–Crippen LogP) is 4.81. The van der Waals surface area contributed by atoms with Gasteiger partial charge in [-0.15, -0.1) is 0 Å². The highest BCUT2D eigenvalue weighted by Gasteiger charge is 2.46. The number of pyridine rings is 1. The van der Waals surface area contributed by atoms with Crippen molar-refractivity contribution in [3.8, 4) is 23.3 Å². The second-order valence-corrected chi connectivity index (χ2v) is 10.5. The highest BCUT2D eigenvalue weighted by molar-refractivity contribution is 9.10. The number of carbonyl (C=O) groups is 1. The van der Waals surface area contributed by atoms with E-state index >= 15 is 0 Å². The van der Waals surface area contributed by atoms with Gasteiger partial charge in [-0.05, 0) is 33.7 Å².